The van der Waals surface area contributed by atoms with Gasteiger partial charge in [0.15, 0.2) is 0 Å². The highest BCUT2D eigenvalue weighted by atomic mass is 32.2. The number of methoxy groups -OCH3 is 1. The van der Waals surface area contributed by atoms with Crippen molar-refractivity contribution in [3.8, 4) is 5.75 Å². The van der Waals surface area contributed by atoms with Crippen molar-refractivity contribution in [1.29, 1.82) is 0 Å². The lowest BCUT2D eigenvalue weighted by atomic mass is 9.99. The lowest BCUT2D eigenvalue weighted by Gasteiger charge is -2.12. The van der Waals surface area contributed by atoms with Crippen molar-refractivity contribution in [3.05, 3.63) is 54.1 Å². The molecule has 22 heavy (non-hydrogen) atoms. The summed E-state index contributed by atoms with van der Waals surface area (Å²) in [4.78, 5) is 0.252. The fourth-order valence-corrected chi connectivity index (χ4v) is 3.16. The van der Waals surface area contributed by atoms with Gasteiger partial charge in [0, 0.05) is 6.07 Å². The van der Waals surface area contributed by atoms with E-state index in [1.54, 1.807) is 43.5 Å². The van der Waals surface area contributed by atoms with Crippen LogP contribution in [0, 0.1) is 0 Å². The van der Waals surface area contributed by atoms with Gasteiger partial charge in [-0.3, -0.25) is 4.72 Å². The minimum absolute atomic E-state index is 0.252. The normalized spacial score (nSPS) is 12.7. The Morgan fingerprint density at radius 3 is 2.41 bits per heavy atom. The molecule has 118 valence electrons. The van der Waals surface area contributed by atoms with E-state index in [2.05, 4.69) is 18.6 Å². The zero-order valence-corrected chi connectivity index (χ0v) is 13.9. The van der Waals surface area contributed by atoms with Crippen LogP contribution in [-0.4, -0.2) is 15.5 Å². The molecule has 0 amide bonds. The molecule has 0 heterocycles. The van der Waals surface area contributed by atoms with Gasteiger partial charge < -0.3 is 4.74 Å². The Labute approximate surface area is 132 Å². The molecule has 1 N–H and O–H groups in total. The second-order valence-corrected chi connectivity index (χ2v) is 6.90. The fraction of sp³-hybridized carbons (Fsp3) is 0.294. The number of nitrogens with one attached hydrogen (secondary N) is 1. The maximum atomic E-state index is 12.4. The van der Waals surface area contributed by atoms with Crippen LogP contribution in [0.1, 0.15) is 31.7 Å². The third kappa shape index (κ3) is 3.80. The second-order valence-electron chi connectivity index (χ2n) is 5.22. The monoisotopic (exact) mass is 319 g/mol. The summed E-state index contributed by atoms with van der Waals surface area (Å²) >= 11 is 0. The molecule has 0 aliphatic heterocycles. The van der Waals surface area contributed by atoms with Crippen LogP contribution in [0.2, 0.25) is 0 Å². The van der Waals surface area contributed by atoms with E-state index in [1.165, 1.54) is 0 Å². The van der Waals surface area contributed by atoms with Crippen molar-refractivity contribution in [2.75, 3.05) is 11.8 Å². The van der Waals surface area contributed by atoms with E-state index in [0.29, 0.717) is 17.4 Å². The predicted molar refractivity (Wildman–Crippen MR) is 89.0 cm³/mol. The van der Waals surface area contributed by atoms with E-state index in [0.717, 1.165) is 12.0 Å². The van der Waals surface area contributed by atoms with Crippen molar-refractivity contribution in [1.82, 2.24) is 0 Å². The van der Waals surface area contributed by atoms with Gasteiger partial charge in [0.05, 0.1) is 17.7 Å². The summed E-state index contributed by atoms with van der Waals surface area (Å²) in [5, 5.41) is 0. The highest BCUT2D eigenvalue weighted by Crippen LogP contribution is 2.23. The van der Waals surface area contributed by atoms with Gasteiger partial charge in [-0.15, -0.1) is 0 Å². The van der Waals surface area contributed by atoms with Crippen LogP contribution in [0.25, 0.3) is 0 Å². The number of anilines is 1. The fourth-order valence-electron chi connectivity index (χ4n) is 2.11. The van der Waals surface area contributed by atoms with Crippen molar-refractivity contribution in [2.45, 2.75) is 31.1 Å². The quantitative estimate of drug-likeness (QED) is 0.875. The molecule has 0 aliphatic rings. The third-order valence-electron chi connectivity index (χ3n) is 3.69. The molecule has 2 aromatic carbocycles. The minimum atomic E-state index is -3.59. The van der Waals surface area contributed by atoms with E-state index in [-0.39, 0.29) is 4.90 Å². The SMILES string of the molecule is CC[C@H](C)c1ccc(S(=O)(=O)Nc2cccc(OC)c2)cc1. The molecule has 0 aliphatic carbocycles. The molecule has 0 saturated heterocycles. The Morgan fingerprint density at radius 2 is 1.82 bits per heavy atom. The molecule has 0 bridgehead atoms. The van der Waals surface area contributed by atoms with Crippen LogP contribution in [0.3, 0.4) is 0 Å². The largest absolute Gasteiger partial charge is 0.497 e. The molecule has 4 nitrogen and oxygen atoms in total. The molecule has 0 fully saturated rings. The number of hydrogen-bond donors (Lipinski definition) is 1. The molecule has 2 aromatic rings. The van der Waals surface area contributed by atoms with Crippen molar-refractivity contribution >= 4 is 15.7 Å². The Kier molecular flexibility index (Phi) is 5.08. The van der Waals surface area contributed by atoms with Gasteiger partial charge in [0.25, 0.3) is 10.0 Å². The molecular formula is C17H21NO3S. The van der Waals surface area contributed by atoms with Crippen molar-refractivity contribution < 1.29 is 13.2 Å². The van der Waals surface area contributed by atoms with E-state index < -0.39 is 10.0 Å². The molecule has 0 aromatic heterocycles. The highest BCUT2D eigenvalue weighted by Gasteiger charge is 2.15. The Hall–Kier alpha value is -2.01. The Balaban J connectivity index is 2.22. The van der Waals surface area contributed by atoms with Gasteiger partial charge in [-0.25, -0.2) is 8.42 Å². The van der Waals surface area contributed by atoms with Gasteiger partial charge in [-0.2, -0.15) is 0 Å². The van der Waals surface area contributed by atoms with E-state index in [4.69, 9.17) is 4.74 Å². The van der Waals surface area contributed by atoms with Gasteiger partial charge in [-0.05, 0) is 42.2 Å². The van der Waals surface area contributed by atoms with Crippen LogP contribution < -0.4 is 9.46 Å². The molecule has 1 atom stereocenters. The maximum absolute atomic E-state index is 12.4. The summed E-state index contributed by atoms with van der Waals surface area (Å²) in [5.41, 5.74) is 1.62. The average Bonchev–Trinajstić information content (AvgIpc) is 2.54. The standard InChI is InChI=1S/C17H21NO3S/c1-4-13(2)14-8-10-17(11-9-14)22(19,20)18-15-6-5-7-16(12-15)21-3/h5-13,18H,4H2,1-3H3/t13-/m0/s1. The smallest absolute Gasteiger partial charge is 0.261 e. The summed E-state index contributed by atoms with van der Waals surface area (Å²) in [6.07, 6.45) is 1.02. The highest BCUT2D eigenvalue weighted by molar-refractivity contribution is 7.92. The molecule has 0 radical (unpaired) electrons. The number of hydrogen-bond acceptors (Lipinski definition) is 3. The zero-order valence-electron chi connectivity index (χ0n) is 13.0. The molecule has 0 unspecified atom stereocenters. The molecular weight excluding hydrogens is 298 g/mol. The molecule has 2 rings (SSSR count). The number of benzene rings is 2. The van der Waals surface area contributed by atoms with Gasteiger partial charge in [-0.1, -0.05) is 32.0 Å². The van der Waals surface area contributed by atoms with Crippen molar-refractivity contribution in [3.63, 3.8) is 0 Å². The van der Waals surface area contributed by atoms with E-state index in [9.17, 15) is 8.42 Å². The molecule has 0 spiro atoms. The summed E-state index contributed by atoms with van der Waals surface area (Å²) < 4.78 is 32.5. The summed E-state index contributed by atoms with van der Waals surface area (Å²) in [6, 6.07) is 13.9. The zero-order chi connectivity index (χ0) is 16.2. The maximum Gasteiger partial charge on any atom is 0.261 e. The summed E-state index contributed by atoms with van der Waals surface area (Å²) in [7, 11) is -2.05. The first-order valence-electron chi connectivity index (χ1n) is 7.23. The second kappa shape index (κ2) is 6.83. The summed E-state index contributed by atoms with van der Waals surface area (Å²) in [6.45, 7) is 4.23. The first-order valence-corrected chi connectivity index (χ1v) is 8.71. The Morgan fingerprint density at radius 1 is 1.14 bits per heavy atom. The first-order chi connectivity index (χ1) is 10.5. The van der Waals surface area contributed by atoms with Crippen molar-refractivity contribution in [2.24, 2.45) is 0 Å². The molecule has 0 saturated carbocycles. The van der Waals surface area contributed by atoms with Crippen LogP contribution in [0.4, 0.5) is 5.69 Å². The van der Waals surface area contributed by atoms with E-state index in [1.807, 2.05) is 12.1 Å². The van der Waals surface area contributed by atoms with Crippen LogP contribution in [0.5, 0.6) is 5.75 Å². The van der Waals surface area contributed by atoms with Crippen LogP contribution >= 0.6 is 0 Å². The van der Waals surface area contributed by atoms with Gasteiger partial charge in [0.2, 0.25) is 0 Å². The topological polar surface area (TPSA) is 55.4 Å². The average molecular weight is 319 g/mol. The van der Waals surface area contributed by atoms with Gasteiger partial charge in [0.1, 0.15) is 5.75 Å². The lowest BCUT2D eigenvalue weighted by Crippen LogP contribution is -2.13. The number of ether oxygens (including phenoxy) is 1. The number of sulfonamides is 1. The number of rotatable bonds is 6. The van der Waals surface area contributed by atoms with Crippen LogP contribution in [0.15, 0.2) is 53.4 Å². The van der Waals surface area contributed by atoms with Gasteiger partial charge >= 0.3 is 0 Å². The minimum Gasteiger partial charge on any atom is -0.497 e. The molecule has 5 heteroatoms. The van der Waals surface area contributed by atoms with E-state index >= 15 is 0 Å². The first kappa shape index (κ1) is 16.4. The third-order valence-corrected chi connectivity index (χ3v) is 5.09. The lowest BCUT2D eigenvalue weighted by molar-refractivity contribution is 0.415. The van der Waals surface area contributed by atoms with Crippen LogP contribution in [-0.2, 0) is 10.0 Å². The predicted octanol–water partition coefficient (Wildman–Crippen LogP) is 4.01. The summed E-state index contributed by atoms with van der Waals surface area (Å²) in [5.74, 6) is 1.02. The Bertz CT molecular complexity index is 724.